The van der Waals surface area contributed by atoms with Gasteiger partial charge in [0.25, 0.3) is 5.56 Å². The van der Waals surface area contributed by atoms with Gasteiger partial charge in [-0.1, -0.05) is 6.07 Å². The lowest BCUT2D eigenvalue weighted by Crippen LogP contribution is -2.23. The molecule has 0 aliphatic heterocycles. The van der Waals surface area contributed by atoms with Crippen LogP contribution >= 0.6 is 0 Å². The standard InChI is InChI=1S/C23H18F4N4O/c1-2-30-14-15(13-28-30)10-17-4-3-9-31(22(17)32)21-12-18(23(25,26)27)11-20(29-21)16-5-7-19(24)8-6-16/h3-9,11-14H,2,10H2,1H3. The zero-order valence-corrected chi connectivity index (χ0v) is 17.0. The number of pyridine rings is 2. The Morgan fingerprint density at radius 1 is 1.06 bits per heavy atom. The lowest BCUT2D eigenvalue weighted by atomic mass is 10.1. The highest BCUT2D eigenvalue weighted by Crippen LogP contribution is 2.33. The molecule has 0 aliphatic rings. The lowest BCUT2D eigenvalue weighted by Gasteiger charge is -2.13. The van der Waals surface area contributed by atoms with Crippen LogP contribution in [0.5, 0.6) is 0 Å². The predicted molar refractivity (Wildman–Crippen MR) is 111 cm³/mol. The van der Waals surface area contributed by atoms with E-state index in [0.717, 1.165) is 34.4 Å². The van der Waals surface area contributed by atoms with Gasteiger partial charge in [0, 0.05) is 36.5 Å². The molecule has 3 aromatic heterocycles. The molecule has 0 saturated heterocycles. The molecular weight excluding hydrogens is 424 g/mol. The van der Waals surface area contributed by atoms with E-state index >= 15 is 0 Å². The molecule has 9 heteroatoms. The monoisotopic (exact) mass is 442 g/mol. The molecule has 0 fully saturated rings. The zero-order valence-electron chi connectivity index (χ0n) is 17.0. The molecule has 5 nitrogen and oxygen atoms in total. The van der Waals surface area contributed by atoms with Crippen molar-refractivity contribution in [2.24, 2.45) is 0 Å². The molecule has 4 aromatic rings. The number of nitrogens with zero attached hydrogens (tertiary/aromatic N) is 4. The van der Waals surface area contributed by atoms with E-state index in [1.807, 2.05) is 13.1 Å². The molecule has 32 heavy (non-hydrogen) atoms. The third kappa shape index (κ3) is 4.46. The maximum Gasteiger partial charge on any atom is 0.416 e. The van der Waals surface area contributed by atoms with E-state index in [2.05, 4.69) is 10.1 Å². The molecule has 0 unspecified atom stereocenters. The maximum atomic E-state index is 13.6. The summed E-state index contributed by atoms with van der Waals surface area (Å²) in [7, 11) is 0. The first-order valence-corrected chi connectivity index (χ1v) is 9.82. The summed E-state index contributed by atoms with van der Waals surface area (Å²) in [5.41, 5.74) is 0.0552. The van der Waals surface area contributed by atoms with Gasteiger partial charge in [-0.05, 0) is 55.0 Å². The Balaban J connectivity index is 1.81. The van der Waals surface area contributed by atoms with Crippen LogP contribution in [0.1, 0.15) is 23.6 Å². The SMILES string of the molecule is CCn1cc(Cc2cccn(-c3cc(C(F)(F)F)cc(-c4ccc(F)cc4)n3)c2=O)cn1. The number of benzene rings is 1. The van der Waals surface area contributed by atoms with E-state index in [0.29, 0.717) is 17.7 Å². The number of aromatic nitrogens is 4. The number of hydrogen-bond acceptors (Lipinski definition) is 3. The topological polar surface area (TPSA) is 52.7 Å². The number of halogens is 4. The van der Waals surface area contributed by atoms with Gasteiger partial charge in [0.1, 0.15) is 11.6 Å². The van der Waals surface area contributed by atoms with Gasteiger partial charge in [0.15, 0.2) is 0 Å². The summed E-state index contributed by atoms with van der Waals surface area (Å²) < 4.78 is 56.8. The van der Waals surface area contributed by atoms with Gasteiger partial charge < -0.3 is 0 Å². The van der Waals surface area contributed by atoms with Gasteiger partial charge in [-0.2, -0.15) is 18.3 Å². The van der Waals surface area contributed by atoms with Crippen LogP contribution in [0, 0.1) is 5.82 Å². The van der Waals surface area contributed by atoms with Gasteiger partial charge in [0.2, 0.25) is 0 Å². The molecule has 0 bridgehead atoms. The van der Waals surface area contributed by atoms with Gasteiger partial charge in [-0.3, -0.25) is 14.0 Å². The summed E-state index contributed by atoms with van der Waals surface area (Å²) in [4.78, 5) is 17.3. The van der Waals surface area contributed by atoms with E-state index in [1.165, 1.54) is 18.3 Å². The molecular formula is C23H18F4N4O. The molecule has 0 saturated carbocycles. The Hall–Kier alpha value is -3.75. The van der Waals surface area contributed by atoms with Crippen molar-refractivity contribution in [3.05, 3.63) is 100.0 Å². The highest BCUT2D eigenvalue weighted by atomic mass is 19.4. The number of alkyl halides is 3. The van der Waals surface area contributed by atoms with E-state index < -0.39 is 23.1 Å². The van der Waals surface area contributed by atoms with Crippen molar-refractivity contribution in [1.29, 1.82) is 0 Å². The van der Waals surface area contributed by atoms with Gasteiger partial charge in [-0.15, -0.1) is 0 Å². The minimum absolute atomic E-state index is 0.0173. The third-order valence-corrected chi connectivity index (χ3v) is 4.96. The van der Waals surface area contributed by atoms with Crippen LogP contribution in [0.4, 0.5) is 17.6 Å². The minimum atomic E-state index is -4.65. The van der Waals surface area contributed by atoms with Crippen LogP contribution in [0.3, 0.4) is 0 Å². The molecule has 164 valence electrons. The highest BCUT2D eigenvalue weighted by Gasteiger charge is 2.32. The summed E-state index contributed by atoms with van der Waals surface area (Å²) >= 11 is 0. The summed E-state index contributed by atoms with van der Waals surface area (Å²) in [6.07, 6.45) is 0.464. The molecule has 4 rings (SSSR count). The number of hydrogen-bond donors (Lipinski definition) is 0. The fraction of sp³-hybridized carbons (Fsp3) is 0.174. The van der Waals surface area contributed by atoms with Crippen LogP contribution in [0.15, 0.2) is 71.9 Å². The summed E-state index contributed by atoms with van der Waals surface area (Å²) in [5, 5.41) is 4.17. The average molecular weight is 442 g/mol. The second-order valence-corrected chi connectivity index (χ2v) is 7.19. The summed E-state index contributed by atoms with van der Waals surface area (Å²) in [5.74, 6) is -0.688. The van der Waals surface area contributed by atoms with Gasteiger partial charge in [0.05, 0.1) is 17.5 Å². The number of rotatable bonds is 5. The zero-order chi connectivity index (χ0) is 22.9. The quantitative estimate of drug-likeness (QED) is 0.415. The van der Waals surface area contributed by atoms with Crippen molar-refractivity contribution in [2.75, 3.05) is 0 Å². The van der Waals surface area contributed by atoms with E-state index in [9.17, 15) is 22.4 Å². The van der Waals surface area contributed by atoms with Crippen molar-refractivity contribution in [1.82, 2.24) is 19.3 Å². The minimum Gasteiger partial charge on any atom is -0.273 e. The number of aryl methyl sites for hydroxylation is 1. The highest BCUT2D eigenvalue weighted by molar-refractivity contribution is 5.61. The summed E-state index contributed by atoms with van der Waals surface area (Å²) in [6, 6.07) is 9.87. The largest absolute Gasteiger partial charge is 0.416 e. The van der Waals surface area contributed by atoms with Crippen molar-refractivity contribution in [2.45, 2.75) is 26.1 Å². The molecule has 0 amide bonds. The molecule has 1 aromatic carbocycles. The van der Waals surface area contributed by atoms with Crippen LogP contribution in [0.25, 0.3) is 17.1 Å². The Morgan fingerprint density at radius 3 is 2.47 bits per heavy atom. The summed E-state index contributed by atoms with van der Waals surface area (Å²) in [6.45, 7) is 2.61. The molecule has 0 radical (unpaired) electrons. The van der Waals surface area contributed by atoms with E-state index in [4.69, 9.17) is 0 Å². The second-order valence-electron chi connectivity index (χ2n) is 7.19. The Labute approximate surface area is 180 Å². The fourth-order valence-electron chi connectivity index (χ4n) is 3.32. The molecule has 0 spiro atoms. The Bertz CT molecular complexity index is 1310. The third-order valence-electron chi connectivity index (χ3n) is 4.96. The second kappa shape index (κ2) is 8.41. The van der Waals surface area contributed by atoms with Crippen molar-refractivity contribution < 1.29 is 17.6 Å². The molecule has 3 heterocycles. The molecule has 0 atom stereocenters. The first kappa shape index (κ1) is 21.5. The molecule has 0 N–H and O–H groups in total. The maximum absolute atomic E-state index is 13.6. The van der Waals surface area contributed by atoms with Crippen molar-refractivity contribution in [3.8, 4) is 17.1 Å². The van der Waals surface area contributed by atoms with Crippen molar-refractivity contribution in [3.63, 3.8) is 0 Å². The Kier molecular flexibility index (Phi) is 5.65. The van der Waals surface area contributed by atoms with Crippen LogP contribution < -0.4 is 5.56 Å². The van der Waals surface area contributed by atoms with E-state index in [-0.39, 0.29) is 17.9 Å². The van der Waals surface area contributed by atoms with Gasteiger partial charge >= 0.3 is 6.18 Å². The van der Waals surface area contributed by atoms with Crippen molar-refractivity contribution >= 4 is 0 Å². The lowest BCUT2D eigenvalue weighted by molar-refractivity contribution is -0.137. The van der Waals surface area contributed by atoms with Crippen LogP contribution in [-0.2, 0) is 19.1 Å². The fourth-order valence-corrected chi connectivity index (χ4v) is 3.32. The van der Waals surface area contributed by atoms with Gasteiger partial charge in [-0.25, -0.2) is 9.37 Å². The van der Waals surface area contributed by atoms with E-state index in [1.54, 1.807) is 23.0 Å². The van der Waals surface area contributed by atoms with Crippen LogP contribution in [-0.4, -0.2) is 19.3 Å². The Morgan fingerprint density at radius 2 is 1.81 bits per heavy atom. The first-order valence-electron chi connectivity index (χ1n) is 9.82. The average Bonchev–Trinajstić information content (AvgIpc) is 3.22. The smallest absolute Gasteiger partial charge is 0.273 e. The predicted octanol–water partition coefficient (Wildman–Crippen LogP) is 4.86. The normalized spacial score (nSPS) is 11.7. The first-order chi connectivity index (χ1) is 15.2. The van der Waals surface area contributed by atoms with Crippen LogP contribution in [0.2, 0.25) is 0 Å². The molecule has 0 aliphatic carbocycles.